The van der Waals surface area contributed by atoms with Gasteiger partial charge in [0.05, 0.1) is 10.6 Å². The van der Waals surface area contributed by atoms with Gasteiger partial charge < -0.3 is 10.2 Å². The number of nitrogens with one attached hydrogen (secondary N) is 1. The monoisotopic (exact) mass is 493 g/mol. The van der Waals surface area contributed by atoms with Crippen LogP contribution >= 0.6 is 0 Å². The molecule has 0 saturated heterocycles. The van der Waals surface area contributed by atoms with Crippen LogP contribution in [0.25, 0.3) is 0 Å². The van der Waals surface area contributed by atoms with Crippen molar-refractivity contribution in [3.8, 4) is 0 Å². The molecule has 0 radical (unpaired) electrons. The zero-order chi connectivity index (χ0) is 25.4. The van der Waals surface area contributed by atoms with E-state index < -0.39 is 28.5 Å². The summed E-state index contributed by atoms with van der Waals surface area (Å²) in [7, 11) is -2.51. The first kappa shape index (κ1) is 26.0. The van der Waals surface area contributed by atoms with Gasteiger partial charge in [0.1, 0.15) is 12.6 Å². The molecule has 1 atom stereocenters. The molecule has 0 aliphatic carbocycles. The van der Waals surface area contributed by atoms with Crippen molar-refractivity contribution in [2.45, 2.75) is 37.8 Å². The number of aryl methyl sites for hydroxylation is 1. The summed E-state index contributed by atoms with van der Waals surface area (Å²) < 4.78 is 28.3. The molecule has 3 aromatic rings. The number of carbonyl (C=O) groups excluding carboxylic acids is 2. The highest BCUT2D eigenvalue weighted by Gasteiger charge is 2.33. The standard InChI is InChI=1S/C27H31N3O4S/c1-4-25(27(32)28-3)29(19-22-13-11-12-21(2)18-22)26(31)20-30(23-14-7-5-8-15-23)35(33,34)24-16-9-6-10-17-24/h5-18,25H,4,19-20H2,1-3H3,(H,28,32)/t25-/m0/s1. The average Bonchev–Trinajstić information content (AvgIpc) is 2.87. The van der Waals surface area contributed by atoms with Crippen molar-refractivity contribution in [3.63, 3.8) is 0 Å². The summed E-state index contributed by atoms with van der Waals surface area (Å²) in [5, 5.41) is 2.62. The first-order valence-electron chi connectivity index (χ1n) is 11.5. The second-order valence-corrected chi connectivity index (χ2v) is 10.1. The zero-order valence-corrected chi connectivity index (χ0v) is 21.0. The van der Waals surface area contributed by atoms with Gasteiger partial charge in [0.25, 0.3) is 10.0 Å². The number of anilines is 1. The van der Waals surface area contributed by atoms with Gasteiger partial charge in [-0.05, 0) is 43.2 Å². The van der Waals surface area contributed by atoms with Gasteiger partial charge in [-0.1, -0.05) is 73.2 Å². The van der Waals surface area contributed by atoms with Crippen LogP contribution in [-0.2, 0) is 26.2 Å². The molecule has 0 bridgehead atoms. The van der Waals surface area contributed by atoms with E-state index in [4.69, 9.17) is 0 Å². The quantitative estimate of drug-likeness (QED) is 0.466. The second-order valence-electron chi connectivity index (χ2n) is 8.21. The van der Waals surface area contributed by atoms with E-state index in [9.17, 15) is 18.0 Å². The number of rotatable bonds is 10. The third kappa shape index (κ3) is 6.27. The molecular formula is C27H31N3O4S. The van der Waals surface area contributed by atoms with Crippen LogP contribution in [0, 0.1) is 6.92 Å². The van der Waals surface area contributed by atoms with Crippen LogP contribution in [0.1, 0.15) is 24.5 Å². The molecule has 35 heavy (non-hydrogen) atoms. The van der Waals surface area contributed by atoms with Gasteiger partial charge in [-0.3, -0.25) is 13.9 Å². The molecular weight excluding hydrogens is 462 g/mol. The van der Waals surface area contributed by atoms with E-state index in [0.717, 1.165) is 15.4 Å². The maximum atomic E-state index is 13.8. The third-order valence-electron chi connectivity index (χ3n) is 5.72. The molecule has 0 aromatic heterocycles. The Morgan fingerprint density at radius 2 is 1.54 bits per heavy atom. The molecule has 0 unspecified atom stereocenters. The molecule has 0 saturated carbocycles. The van der Waals surface area contributed by atoms with Crippen molar-refractivity contribution < 1.29 is 18.0 Å². The molecule has 184 valence electrons. The molecule has 7 nitrogen and oxygen atoms in total. The van der Waals surface area contributed by atoms with Gasteiger partial charge in [0.15, 0.2) is 0 Å². The molecule has 8 heteroatoms. The van der Waals surface area contributed by atoms with Crippen LogP contribution in [-0.4, -0.2) is 44.8 Å². The van der Waals surface area contributed by atoms with Crippen molar-refractivity contribution in [1.82, 2.24) is 10.2 Å². The summed E-state index contributed by atoms with van der Waals surface area (Å²) in [6, 6.07) is 23.5. The number of hydrogen-bond donors (Lipinski definition) is 1. The molecule has 2 amide bonds. The Kier molecular flexibility index (Phi) is 8.65. The molecule has 0 aliphatic heterocycles. The maximum absolute atomic E-state index is 13.8. The number of sulfonamides is 1. The first-order valence-corrected chi connectivity index (χ1v) is 12.9. The molecule has 0 aliphatic rings. The van der Waals surface area contributed by atoms with E-state index in [2.05, 4.69) is 5.32 Å². The van der Waals surface area contributed by atoms with Gasteiger partial charge >= 0.3 is 0 Å². The Labute approximate surface area is 207 Å². The summed E-state index contributed by atoms with van der Waals surface area (Å²) in [6.07, 6.45) is 0.383. The number of benzene rings is 3. The Balaban J connectivity index is 2.02. The van der Waals surface area contributed by atoms with Crippen LogP contribution < -0.4 is 9.62 Å². The van der Waals surface area contributed by atoms with Gasteiger partial charge in [0.2, 0.25) is 11.8 Å². The smallest absolute Gasteiger partial charge is 0.264 e. The van der Waals surface area contributed by atoms with Crippen molar-refractivity contribution in [1.29, 1.82) is 0 Å². The minimum atomic E-state index is -4.04. The highest BCUT2D eigenvalue weighted by molar-refractivity contribution is 7.92. The summed E-state index contributed by atoms with van der Waals surface area (Å²) in [5.74, 6) is -0.768. The van der Waals surface area contributed by atoms with Crippen molar-refractivity contribution in [3.05, 3.63) is 96.1 Å². The van der Waals surface area contributed by atoms with Crippen LogP contribution in [0.4, 0.5) is 5.69 Å². The Bertz CT molecular complexity index is 1250. The minimum absolute atomic E-state index is 0.0835. The Morgan fingerprint density at radius 3 is 2.11 bits per heavy atom. The Morgan fingerprint density at radius 1 is 0.914 bits per heavy atom. The molecule has 0 spiro atoms. The number of likely N-dealkylation sites (N-methyl/N-ethyl adjacent to an activating group) is 1. The predicted molar refractivity (Wildman–Crippen MR) is 137 cm³/mol. The van der Waals surface area contributed by atoms with Crippen LogP contribution in [0.3, 0.4) is 0 Å². The second kappa shape index (κ2) is 11.7. The summed E-state index contributed by atoms with van der Waals surface area (Å²) in [5.41, 5.74) is 2.26. The van der Waals surface area contributed by atoms with E-state index in [1.807, 2.05) is 38.1 Å². The highest BCUT2D eigenvalue weighted by atomic mass is 32.2. The topological polar surface area (TPSA) is 86.8 Å². The van der Waals surface area contributed by atoms with Gasteiger partial charge in [0, 0.05) is 13.6 Å². The lowest BCUT2D eigenvalue weighted by Crippen LogP contribution is -2.51. The Hall–Kier alpha value is -3.65. The maximum Gasteiger partial charge on any atom is 0.264 e. The fraction of sp³-hybridized carbons (Fsp3) is 0.259. The van der Waals surface area contributed by atoms with Crippen LogP contribution in [0.2, 0.25) is 0 Å². The van der Waals surface area contributed by atoms with E-state index >= 15 is 0 Å². The third-order valence-corrected chi connectivity index (χ3v) is 7.51. The largest absolute Gasteiger partial charge is 0.357 e. The molecule has 0 heterocycles. The lowest BCUT2D eigenvalue weighted by Gasteiger charge is -2.33. The van der Waals surface area contributed by atoms with Gasteiger partial charge in [-0.15, -0.1) is 0 Å². The fourth-order valence-corrected chi connectivity index (χ4v) is 5.37. The molecule has 3 rings (SSSR count). The normalized spacial score (nSPS) is 12.0. The van der Waals surface area contributed by atoms with E-state index in [1.165, 1.54) is 24.1 Å². The summed E-state index contributed by atoms with van der Waals surface area (Å²) >= 11 is 0. The summed E-state index contributed by atoms with van der Waals surface area (Å²) in [4.78, 5) is 28.0. The summed E-state index contributed by atoms with van der Waals surface area (Å²) in [6.45, 7) is 3.52. The fourth-order valence-electron chi connectivity index (χ4n) is 3.94. The van der Waals surface area contributed by atoms with Crippen molar-refractivity contribution >= 4 is 27.5 Å². The molecule has 1 N–H and O–H groups in total. The van der Waals surface area contributed by atoms with Crippen molar-refractivity contribution in [2.24, 2.45) is 0 Å². The number of carbonyl (C=O) groups is 2. The lowest BCUT2D eigenvalue weighted by atomic mass is 10.1. The average molecular weight is 494 g/mol. The van der Waals surface area contributed by atoms with Gasteiger partial charge in [-0.25, -0.2) is 8.42 Å². The highest BCUT2D eigenvalue weighted by Crippen LogP contribution is 2.24. The number of hydrogen-bond acceptors (Lipinski definition) is 4. The van der Waals surface area contributed by atoms with Gasteiger partial charge in [-0.2, -0.15) is 0 Å². The van der Waals surface area contributed by atoms with Crippen molar-refractivity contribution in [2.75, 3.05) is 17.9 Å². The van der Waals surface area contributed by atoms with Crippen LogP contribution in [0.15, 0.2) is 89.8 Å². The van der Waals surface area contributed by atoms with E-state index in [0.29, 0.717) is 12.1 Å². The SMILES string of the molecule is CC[C@@H](C(=O)NC)N(Cc1cccc(C)c1)C(=O)CN(c1ccccc1)S(=O)(=O)c1ccccc1. The molecule has 0 fully saturated rings. The number of para-hydroxylation sites is 1. The minimum Gasteiger partial charge on any atom is -0.357 e. The first-order chi connectivity index (χ1) is 16.8. The molecule has 3 aromatic carbocycles. The number of nitrogens with zero attached hydrogens (tertiary/aromatic N) is 2. The van der Waals surface area contributed by atoms with Crippen LogP contribution in [0.5, 0.6) is 0 Å². The van der Waals surface area contributed by atoms with E-state index in [1.54, 1.807) is 48.5 Å². The zero-order valence-electron chi connectivity index (χ0n) is 20.2. The predicted octanol–water partition coefficient (Wildman–Crippen LogP) is 3.74. The number of amides is 2. The van der Waals surface area contributed by atoms with E-state index in [-0.39, 0.29) is 17.3 Å². The lowest BCUT2D eigenvalue weighted by molar-refractivity contribution is -0.140.